The number of amides is 1. The molecule has 0 aliphatic carbocycles. The van der Waals surface area contributed by atoms with Crippen molar-refractivity contribution in [1.29, 1.82) is 0 Å². The third kappa shape index (κ3) is 4.94. The van der Waals surface area contributed by atoms with Gasteiger partial charge in [0.1, 0.15) is 11.5 Å². The lowest BCUT2D eigenvalue weighted by Gasteiger charge is -2.16. The smallest absolute Gasteiger partial charge is 0.271 e. The topological polar surface area (TPSA) is 89.0 Å². The molecule has 1 saturated heterocycles. The molecule has 0 N–H and O–H groups in total. The van der Waals surface area contributed by atoms with Crippen molar-refractivity contribution in [2.45, 2.75) is 13.8 Å². The van der Waals surface area contributed by atoms with E-state index in [1.54, 1.807) is 23.1 Å². The van der Waals surface area contributed by atoms with Gasteiger partial charge in [-0.25, -0.2) is 4.99 Å². The van der Waals surface area contributed by atoms with E-state index in [4.69, 9.17) is 21.0 Å². The van der Waals surface area contributed by atoms with E-state index in [1.807, 2.05) is 62.4 Å². The average molecular weight is 530 g/mol. The minimum Gasteiger partial charge on any atom is -0.457 e. The summed E-state index contributed by atoms with van der Waals surface area (Å²) in [6, 6.07) is 22.8. The Labute approximate surface area is 222 Å². The number of nitro groups is 1. The molecule has 0 atom stereocenters. The van der Waals surface area contributed by atoms with Gasteiger partial charge < -0.3 is 4.42 Å². The lowest BCUT2D eigenvalue weighted by atomic mass is 10.1. The first-order chi connectivity index (χ1) is 17.8. The molecule has 7 nitrogen and oxygen atoms in total. The largest absolute Gasteiger partial charge is 0.457 e. The average Bonchev–Trinajstić information content (AvgIpc) is 3.46. The highest BCUT2D eigenvalue weighted by Gasteiger charge is 2.35. The molecule has 4 aromatic rings. The molecule has 0 saturated carbocycles. The third-order valence-corrected chi connectivity index (χ3v) is 7.09. The fraction of sp³-hybridized carbons (Fsp3) is 0.0714. The summed E-state index contributed by atoms with van der Waals surface area (Å²) in [7, 11) is 0. The number of furan rings is 1. The number of hydrogen-bond acceptors (Lipinski definition) is 6. The lowest BCUT2D eigenvalue weighted by molar-refractivity contribution is -0.384. The van der Waals surface area contributed by atoms with Crippen LogP contribution in [0.2, 0.25) is 5.02 Å². The van der Waals surface area contributed by atoms with Crippen LogP contribution in [0.3, 0.4) is 0 Å². The summed E-state index contributed by atoms with van der Waals surface area (Å²) in [4.78, 5) is 31.1. The highest BCUT2D eigenvalue weighted by atomic mass is 35.5. The second-order valence-corrected chi connectivity index (χ2v) is 9.76. The maximum absolute atomic E-state index is 13.5. The first kappa shape index (κ1) is 24.5. The molecule has 37 heavy (non-hydrogen) atoms. The summed E-state index contributed by atoms with van der Waals surface area (Å²) < 4.78 is 5.92. The number of halogens is 1. The zero-order valence-electron chi connectivity index (χ0n) is 19.8. The number of nitrogens with zero attached hydrogens (tertiary/aromatic N) is 3. The molecule has 2 heterocycles. The van der Waals surface area contributed by atoms with E-state index in [0.717, 1.165) is 16.8 Å². The first-order valence-electron chi connectivity index (χ1n) is 11.3. The summed E-state index contributed by atoms with van der Waals surface area (Å²) in [5.41, 5.74) is 3.85. The molecule has 0 spiro atoms. The van der Waals surface area contributed by atoms with Gasteiger partial charge in [0, 0.05) is 23.8 Å². The standard InChI is InChI=1S/C28H20ClN3O4S/c1-17-7-6-8-18(2)26(17)30-28-31(19-9-4-3-5-10-19)27(33)25(37-28)16-21-12-14-24(36-21)22-15-20(32(34)35)11-13-23(22)29/h3-16H,1-2H3/b25-16+,30-28?. The number of amidine groups is 1. The molecule has 0 bridgehead atoms. The Bertz CT molecular complexity index is 1570. The second-order valence-electron chi connectivity index (χ2n) is 8.34. The van der Waals surface area contributed by atoms with E-state index >= 15 is 0 Å². The zero-order valence-corrected chi connectivity index (χ0v) is 21.4. The van der Waals surface area contributed by atoms with Crippen LogP contribution in [0.1, 0.15) is 16.9 Å². The minimum absolute atomic E-state index is 0.0944. The Kier molecular flexibility index (Phi) is 6.69. The zero-order chi connectivity index (χ0) is 26.1. The lowest BCUT2D eigenvalue weighted by Crippen LogP contribution is -2.28. The molecule has 1 aliphatic rings. The van der Waals surface area contributed by atoms with E-state index in [0.29, 0.717) is 37.9 Å². The van der Waals surface area contributed by atoms with Crippen molar-refractivity contribution in [1.82, 2.24) is 0 Å². The van der Waals surface area contributed by atoms with E-state index < -0.39 is 4.92 Å². The Morgan fingerprint density at radius 3 is 2.43 bits per heavy atom. The van der Waals surface area contributed by atoms with E-state index in [2.05, 4.69) is 0 Å². The van der Waals surface area contributed by atoms with E-state index in [9.17, 15) is 14.9 Å². The highest BCUT2D eigenvalue weighted by Crippen LogP contribution is 2.39. The molecular weight excluding hydrogens is 510 g/mol. The summed E-state index contributed by atoms with van der Waals surface area (Å²) in [5, 5.41) is 12.0. The third-order valence-electron chi connectivity index (χ3n) is 5.79. The molecular formula is C28H20ClN3O4S. The Morgan fingerprint density at radius 1 is 1.00 bits per heavy atom. The molecule has 1 aromatic heterocycles. The molecule has 0 unspecified atom stereocenters. The number of rotatable bonds is 5. The number of nitro benzene ring substituents is 1. The van der Waals surface area contributed by atoms with Gasteiger partial charge in [-0.15, -0.1) is 0 Å². The van der Waals surface area contributed by atoms with E-state index in [1.165, 1.54) is 30.0 Å². The summed E-state index contributed by atoms with van der Waals surface area (Å²) in [6.07, 6.45) is 1.64. The van der Waals surface area contributed by atoms with Gasteiger partial charge in [-0.3, -0.25) is 19.8 Å². The maximum atomic E-state index is 13.5. The van der Waals surface area contributed by atoms with Crippen molar-refractivity contribution in [3.8, 4) is 11.3 Å². The molecule has 184 valence electrons. The number of hydrogen-bond donors (Lipinski definition) is 0. The maximum Gasteiger partial charge on any atom is 0.271 e. The SMILES string of the molecule is Cc1cccc(C)c1N=C1S/C(=C/c2ccc(-c3cc([N+](=O)[O-])ccc3Cl)o2)C(=O)N1c1ccccc1. The first-order valence-corrected chi connectivity index (χ1v) is 12.5. The quantitative estimate of drug-likeness (QED) is 0.149. The Hall–Kier alpha value is -4.14. The van der Waals surface area contributed by atoms with Crippen molar-refractivity contribution in [3.63, 3.8) is 0 Å². The molecule has 5 rings (SSSR count). The molecule has 3 aromatic carbocycles. The fourth-order valence-electron chi connectivity index (χ4n) is 3.95. The number of carbonyl (C=O) groups excluding carboxylic acids is 1. The van der Waals surface area contributed by atoms with Crippen LogP contribution >= 0.6 is 23.4 Å². The Balaban J connectivity index is 1.54. The van der Waals surface area contributed by atoms with Crippen LogP contribution < -0.4 is 4.90 Å². The van der Waals surface area contributed by atoms with Gasteiger partial charge in [0.15, 0.2) is 5.17 Å². The van der Waals surface area contributed by atoms with Crippen LogP contribution in [-0.2, 0) is 4.79 Å². The van der Waals surface area contributed by atoms with Crippen LogP contribution in [0.5, 0.6) is 0 Å². The number of thioether (sulfide) groups is 1. The number of benzene rings is 3. The predicted octanol–water partition coefficient (Wildman–Crippen LogP) is 7.93. The number of aliphatic imine (C=N–C) groups is 1. The number of para-hydroxylation sites is 2. The predicted molar refractivity (Wildman–Crippen MR) is 148 cm³/mol. The van der Waals surface area contributed by atoms with Gasteiger partial charge in [-0.05, 0) is 67.1 Å². The van der Waals surface area contributed by atoms with Gasteiger partial charge in [-0.2, -0.15) is 0 Å². The summed E-state index contributed by atoms with van der Waals surface area (Å²) >= 11 is 7.52. The summed E-state index contributed by atoms with van der Waals surface area (Å²) in [5.74, 6) is 0.544. The highest BCUT2D eigenvalue weighted by molar-refractivity contribution is 8.19. The second kappa shape index (κ2) is 10.1. The van der Waals surface area contributed by atoms with Crippen molar-refractivity contribution in [2.24, 2.45) is 4.99 Å². The fourth-order valence-corrected chi connectivity index (χ4v) is 5.13. The monoisotopic (exact) mass is 529 g/mol. The van der Waals surface area contributed by atoms with Crippen molar-refractivity contribution >= 4 is 57.6 Å². The number of aryl methyl sites for hydroxylation is 2. The number of carbonyl (C=O) groups is 1. The van der Waals surface area contributed by atoms with Crippen molar-refractivity contribution in [3.05, 3.63) is 116 Å². The molecule has 9 heteroatoms. The van der Waals surface area contributed by atoms with Crippen LogP contribution in [0.15, 0.2) is 93.2 Å². The number of non-ortho nitro benzene ring substituents is 1. The van der Waals surface area contributed by atoms with Gasteiger partial charge in [0.25, 0.3) is 11.6 Å². The Morgan fingerprint density at radius 2 is 1.73 bits per heavy atom. The molecule has 1 fully saturated rings. The minimum atomic E-state index is -0.491. The molecule has 0 radical (unpaired) electrons. The van der Waals surface area contributed by atoms with Crippen molar-refractivity contribution < 1.29 is 14.1 Å². The van der Waals surface area contributed by atoms with Crippen molar-refractivity contribution in [2.75, 3.05) is 4.90 Å². The van der Waals surface area contributed by atoms with Crippen LogP contribution in [0.25, 0.3) is 17.4 Å². The normalized spacial score (nSPS) is 15.6. The molecule has 1 aliphatic heterocycles. The van der Waals surface area contributed by atoms with E-state index in [-0.39, 0.29) is 11.6 Å². The van der Waals surface area contributed by atoms with Crippen LogP contribution in [-0.4, -0.2) is 16.0 Å². The van der Waals surface area contributed by atoms with Gasteiger partial charge >= 0.3 is 0 Å². The van der Waals surface area contributed by atoms with Gasteiger partial charge in [0.05, 0.1) is 26.2 Å². The van der Waals surface area contributed by atoms with Gasteiger partial charge in [0.2, 0.25) is 0 Å². The summed E-state index contributed by atoms with van der Waals surface area (Å²) in [6.45, 7) is 3.97. The number of anilines is 1. The van der Waals surface area contributed by atoms with Gasteiger partial charge in [-0.1, -0.05) is 48.0 Å². The van der Waals surface area contributed by atoms with Crippen LogP contribution in [0.4, 0.5) is 17.1 Å². The molecule has 1 amide bonds. The van der Waals surface area contributed by atoms with Crippen LogP contribution in [0, 0.1) is 24.0 Å².